The summed E-state index contributed by atoms with van der Waals surface area (Å²) in [4.78, 5) is 17.7. The van der Waals surface area contributed by atoms with E-state index in [1.807, 2.05) is 16.5 Å². The quantitative estimate of drug-likeness (QED) is 0.595. The first-order valence-corrected chi connectivity index (χ1v) is 11.6. The van der Waals surface area contributed by atoms with E-state index in [4.69, 9.17) is 4.74 Å². The van der Waals surface area contributed by atoms with Crippen molar-refractivity contribution >= 4 is 15.8 Å². The minimum Gasteiger partial charge on any atom is -0.468 e. The molecule has 2 saturated carbocycles. The van der Waals surface area contributed by atoms with Crippen LogP contribution in [0.15, 0.2) is 11.4 Å². The van der Waals surface area contributed by atoms with Crippen LogP contribution in [0.2, 0.25) is 0 Å². The van der Waals surface area contributed by atoms with Gasteiger partial charge in [-0.05, 0) is 44.6 Å². The van der Waals surface area contributed by atoms with Gasteiger partial charge >= 0.3 is 5.97 Å². The highest BCUT2D eigenvalue weighted by atomic mass is 32.2. The number of esters is 1. The van der Waals surface area contributed by atoms with Gasteiger partial charge in [-0.2, -0.15) is 0 Å². The molecule has 27 heavy (non-hydrogen) atoms. The molecule has 0 amide bonds. The van der Waals surface area contributed by atoms with Crippen LogP contribution >= 0.6 is 0 Å². The molecular weight excluding hydrogens is 366 g/mol. The van der Waals surface area contributed by atoms with Gasteiger partial charge in [0, 0.05) is 13.1 Å². The maximum atomic E-state index is 12.9. The van der Waals surface area contributed by atoms with Gasteiger partial charge in [0.2, 0.25) is 15.0 Å². The van der Waals surface area contributed by atoms with E-state index in [1.54, 1.807) is 6.20 Å². The molecule has 3 rings (SSSR count). The Bertz CT molecular complexity index is 749. The van der Waals surface area contributed by atoms with Crippen molar-refractivity contribution in [3.63, 3.8) is 0 Å². The second kappa shape index (κ2) is 8.73. The molecule has 152 valence electrons. The molecule has 0 atom stereocenters. The van der Waals surface area contributed by atoms with E-state index in [2.05, 4.69) is 4.98 Å². The molecule has 0 radical (unpaired) electrons. The lowest BCUT2D eigenvalue weighted by Crippen LogP contribution is -2.28. The van der Waals surface area contributed by atoms with Gasteiger partial charge in [-0.25, -0.2) is 13.4 Å². The number of hydrogen-bond donors (Lipinski definition) is 0. The molecular formula is C19H31N3O4S. The molecule has 0 spiro atoms. The summed E-state index contributed by atoms with van der Waals surface area (Å²) in [7, 11) is -0.186. The van der Waals surface area contributed by atoms with Crippen LogP contribution in [-0.2, 0) is 32.5 Å². The van der Waals surface area contributed by atoms with E-state index in [-0.39, 0.29) is 23.4 Å². The summed E-state index contributed by atoms with van der Waals surface area (Å²) in [6.45, 7) is 1.32. The first-order valence-electron chi connectivity index (χ1n) is 9.91. The second-order valence-electron chi connectivity index (χ2n) is 8.12. The molecule has 0 N–H and O–H groups in total. The Morgan fingerprint density at radius 3 is 2.56 bits per heavy atom. The topological polar surface area (TPSA) is 81.5 Å². The van der Waals surface area contributed by atoms with Crippen molar-refractivity contribution in [2.75, 3.05) is 26.5 Å². The van der Waals surface area contributed by atoms with Gasteiger partial charge in [-0.15, -0.1) is 0 Å². The zero-order valence-electron chi connectivity index (χ0n) is 16.4. The summed E-state index contributed by atoms with van der Waals surface area (Å²) < 4.78 is 32.4. The third-order valence-electron chi connectivity index (χ3n) is 5.56. The van der Waals surface area contributed by atoms with Crippen LogP contribution in [0.1, 0.15) is 50.6 Å². The van der Waals surface area contributed by atoms with Gasteiger partial charge in [-0.1, -0.05) is 19.3 Å². The number of carbonyl (C=O) groups excluding carboxylic acids is 1. The highest BCUT2D eigenvalue weighted by Gasteiger charge is 2.33. The van der Waals surface area contributed by atoms with E-state index in [0.717, 1.165) is 31.4 Å². The lowest BCUT2D eigenvalue weighted by molar-refractivity contribution is -0.141. The number of hydrogen-bond acceptors (Lipinski definition) is 6. The lowest BCUT2D eigenvalue weighted by atomic mass is 9.89. The van der Waals surface area contributed by atoms with Crippen LogP contribution < -0.4 is 0 Å². The fraction of sp³-hybridized carbons (Fsp3) is 0.789. The average Bonchev–Trinajstić information content (AvgIpc) is 3.35. The Hall–Kier alpha value is -1.41. The zero-order valence-corrected chi connectivity index (χ0v) is 17.2. The van der Waals surface area contributed by atoms with E-state index < -0.39 is 9.84 Å². The predicted octanol–water partition coefficient (Wildman–Crippen LogP) is 2.25. The van der Waals surface area contributed by atoms with Crippen molar-refractivity contribution in [1.29, 1.82) is 0 Å². The number of imidazole rings is 1. The second-order valence-corrected chi connectivity index (χ2v) is 10.0. The first-order chi connectivity index (χ1) is 12.9. The third kappa shape index (κ3) is 5.54. The number of ether oxygens (including phenoxy) is 1. The number of sulfone groups is 1. The number of methoxy groups -OCH3 is 1. The largest absolute Gasteiger partial charge is 0.468 e. The normalized spacial score (nSPS) is 18.8. The highest BCUT2D eigenvalue weighted by molar-refractivity contribution is 7.91. The molecule has 7 nitrogen and oxygen atoms in total. The van der Waals surface area contributed by atoms with Gasteiger partial charge in [0.1, 0.15) is 0 Å². The summed E-state index contributed by atoms with van der Waals surface area (Å²) >= 11 is 0. The number of rotatable bonds is 9. The minimum atomic E-state index is -3.38. The standard InChI is InChI=1S/C19H31N3O4S/c1-21(13-18(23)26-2)12-17-10-20-19(27(24,25)14-16-8-9-16)22(17)11-15-6-4-3-5-7-15/h10,15-16H,3-9,11-14H2,1-2H3. The van der Waals surface area contributed by atoms with Gasteiger partial charge in [0.05, 0.1) is 31.3 Å². The fourth-order valence-electron chi connectivity index (χ4n) is 3.88. The Morgan fingerprint density at radius 1 is 1.22 bits per heavy atom. The summed E-state index contributed by atoms with van der Waals surface area (Å²) in [5, 5.41) is 0.210. The number of nitrogens with zero attached hydrogens (tertiary/aromatic N) is 3. The molecule has 2 fully saturated rings. The molecule has 2 aliphatic carbocycles. The number of likely N-dealkylation sites (N-methyl/N-ethyl adjacent to an activating group) is 1. The molecule has 0 unspecified atom stereocenters. The molecule has 0 aliphatic heterocycles. The maximum absolute atomic E-state index is 12.9. The Kier molecular flexibility index (Phi) is 6.57. The average molecular weight is 398 g/mol. The van der Waals surface area contributed by atoms with E-state index in [9.17, 15) is 13.2 Å². The van der Waals surface area contributed by atoms with E-state index in [0.29, 0.717) is 24.9 Å². The molecule has 2 aliphatic rings. The van der Waals surface area contributed by atoms with Crippen LogP contribution in [0.5, 0.6) is 0 Å². The maximum Gasteiger partial charge on any atom is 0.319 e. The van der Waals surface area contributed by atoms with Crippen molar-refractivity contribution in [2.45, 2.75) is 63.2 Å². The van der Waals surface area contributed by atoms with E-state index in [1.165, 1.54) is 26.4 Å². The molecule has 8 heteroatoms. The zero-order chi connectivity index (χ0) is 19.4. The summed E-state index contributed by atoms with van der Waals surface area (Å²) in [6.07, 6.45) is 9.62. The van der Waals surface area contributed by atoms with Gasteiger partial charge in [0.25, 0.3) is 0 Å². The smallest absolute Gasteiger partial charge is 0.319 e. The molecule has 0 bridgehead atoms. The molecule has 1 heterocycles. The van der Waals surface area contributed by atoms with Crippen molar-refractivity contribution in [3.8, 4) is 0 Å². The summed E-state index contributed by atoms with van der Waals surface area (Å²) in [6, 6.07) is 0. The van der Waals surface area contributed by atoms with Crippen LogP contribution in [0.3, 0.4) is 0 Å². The SMILES string of the molecule is COC(=O)CN(C)Cc1cnc(S(=O)(=O)CC2CC2)n1CC1CCCCC1. The van der Waals surface area contributed by atoms with E-state index >= 15 is 0 Å². The Labute approximate surface area is 162 Å². The van der Waals surface area contributed by atoms with Crippen molar-refractivity contribution in [2.24, 2.45) is 11.8 Å². The predicted molar refractivity (Wildman–Crippen MR) is 102 cm³/mol. The lowest BCUT2D eigenvalue weighted by Gasteiger charge is -2.25. The van der Waals surface area contributed by atoms with Crippen molar-refractivity contribution in [3.05, 3.63) is 11.9 Å². The Balaban J connectivity index is 1.81. The van der Waals surface area contributed by atoms with Crippen molar-refractivity contribution in [1.82, 2.24) is 14.5 Å². The van der Waals surface area contributed by atoms with Gasteiger partial charge < -0.3 is 9.30 Å². The third-order valence-corrected chi connectivity index (χ3v) is 7.35. The minimum absolute atomic E-state index is 0.162. The summed E-state index contributed by atoms with van der Waals surface area (Å²) in [5.74, 6) is 0.678. The monoisotopic (exact) mass is 397 g/mol. The highest BCUT2D eigenvalue weighted by Crippen LogP contribution is 2.33. The van der Waals surface area contributed by atoms with Gasteiger partial charge in [0.15, 0.2) is 0 Å². The summed E-state index contributed by atoms with van der Waals surface area (Å²) in [5.41, 5.74) is 0.848. The van der Waals surface area contributed by atoms with Crippen LogP contribution in [0, 0.1) is 11.8 Å². The first kappa shape index (κ1) is 20.3. The van der Waals surface area contributed by atoms with Crippen LogP contribution in [0.25, 0.3) is 0 Å². The molecule has 1 aromatic rings. The molecule has 0 aromatic carbocycles. The fourth-order valence-corrected chi connectivity index (χ4v) is 5.72. The van der Waals surface area contributed by atoms with Crippen LogP contribution in [0.4, 0.5) is 0 Å². The molecule has 0 saturated heterocycles. The number of aromatic nitrogens is 2. The Morgan fingerprint density at radius 2 is 1.93 bits per heavy atom. The molecule has 1 aromatic heterocycles. The van der Waals surface area contributed by atoms with Crippen LogP contribution in [-0.4, -0.2) is 55.3 Å². The van der Waals surface area contributed by atoms with Gasteiger partial charge in [-0.3, -0.25) is 9.69 Å². The number of carbonyl (C=O) groups is 1. The van der Waals surface area contributed by atoms with Crippen molar-refractivity contribution < 1.29 is 17.9 Å².